The average Bonchev–Trinajstić information content (AvgIpc) is 2.41. The second kappa shape index (κ2) is 7.89. The lowest BCUT2D eigenvalue weighted by atomic mass is 9.98. The van der Waals surface area contributed by atoms with Gasteiger partial charge in [-0.2, -0.15) is 0 Å². The van der Waals surface area contributed by atoms with E-state index in [4.69, 9.17) is 18.9 Å². The van der Waals surface area contributed by atoms with Crippen molar-refractivity contribution in [1.29, 1.82) is 0 Å². The highest BCUT2D eigenvalue weighted by molar-refractivity contribution is 5.90. The number of hydrogen-bond acceptors (Lipinski definition) is 5. The molecule has 5 heteroatoms. The van der Waals surface area contributed by atoms with Crippen LogP contribution in [0.15, 0.2) is 12.1 Å². The molecular weight excluding hydrogens is 248 g/mol. The molecular formula is C14H20O5. The molecule has 0 amide bonds. The van der Waals surface area contributed by atoms with Crippen LogP contribution in [-0.2, 0) is 38.8 Å². The Labute approximate surface area is 113 Å². The van der Waals surface area contributed by atoms with E-state index < -0.39 is 0 Å². The highest BCUT2D eigenvalue weighted by atomic mass is 16.5. The summed E-state index contributed by atoms with van der Waals surface area (Å²) in [6.07, 6.45) is 0. The molecule has 0 fully saturated rings. The standard InChI is InChI=1S/C14H20O5/c1-16-7-11-5-10(14(15)19-4)6-12(8-17-2)13(11)9-18-3/h5-6H,7-9H2,1-4H3. The Morgan fingerprint density at radius 3 is 1.74 bits per heavy atom. The van der Waals surface area contributed by atoms with Crippen molar-refractivity contribution in [3.63, 3.8) is 0 Å². The maximum atomic E-state index is 11.7. The van der Waals surface area contributed by atoms with Crippen molar-refractivity contribution in [2.24, 2.45) is 0 Å². The van der Waals surface area contributed by atoms with Crippen LogP contribution in [-0.4, -0.2) is 34.4 Å². The summed E-state index contributed by atoms with van der Waals surface area (Å²) in [5.41, 5.74) is 3.28. The molecule has 0 N–H and O–H groups in total. The van der Waals surface area contributed by atoms with Crippen molar-refractivity contribution >= 4 is 5.97 Å². The highest BCUT2D eigenvalue weighted by Gasteiger charge is 2.15. The Hall–Kier alpha value is -1.43. The maximum absolute atomic E-state index is 11.7. The van der Waals surface area contributed by atoms with E-state index in [1.807, 2.05) is 0 Å². The van der Waals surface area contributed by atoms with Gasteiger partial charge in [0.1, 0.15) is 0 Å². The van der Waals surface area contributed by atoms with Crippen molar-refractivity contribution in [3.05, 3.63) is 34.4 Å². The van der Waals surface area contributed by atoms with E-state index in [2.05, 4.69) is 0 Å². The molecule has 0 heterocycles. The first-order valence-electron chi connectivity index (χ1n) is 5.87. The predicted octanol–water partition coefficient (Wildman–Crippen LogP) is 1.91. The number of methoxy groups -OCH3 is 4. The van der Waals surface area contributed by atoms with Gasteiger partial charge in [-0.15, -0.1) is 0 Å². The number of hydrogen-bond donors (Lipinski definition) is 0. The zero-order chi connectivity index (χ0) is 14.3. The molecule has 0 aliphatic rings. The molecule has 0 atom stereocenters. The Kier molecular flexibility index (Phi) is 6.49. The predicted molar refractivity (Wildman–Crippen MR) is 69.9 cm³/mol. The monoisotopic (exact) mass is 268 g/mol. The van der Waals surface area contributed by atoms with Crippen LogP contribution in [0.1, 0.15) is 27.0 Å². The number of carbonyl (C=O) groups is 1. The van der Waals surface area contributed by atoms with Crippen LogP contribution < -0.4 is 0 Å². The minimum Gasteiger partial charge on any atom is -0.465 e. The van der Waals surface area contributed by atoms with Gasteiger partial charge in [0.2, 0.25) is 0 Å². The van der Waals surface area contributed by atoms with E-state index in [0.717, 1.165) is 16.7 Å². The van der Waals surface area contributed by atoms with Crippen molar-refractivity contribution < 1.29 is 23.7 Å². The molecule has 0 aliphatic heterocycles. The van der Waals surface area contributed by atoms with Gasteiger partial charge >= 0.3 is 5.97 Å². The third-order valence-corrected chi connectivity index (χ3v) is 2.74. The fourth-order valence-electron chi connectivity index (χ4n) is 1.93. The Bertz CT molecular complexity index is 401. The Morgan fingerprint density at radius 1 is 0.895 bits per heavy atom. The van der Waals surface area contributed by atoms with Gasteiger partial charge in [-0.05, 0) is 28.8 Å². The molecule has 0 radical (unpaired) electrons. The fourth-order valence-corrected chi connectivity index (χ4v) is 1.93. The van der Waals surface area contributed by atoms with Gasteiger partial charge in [-0.25, -0.2) is 4.79 Å². The molecule has 1 aromatic carbocycles. The van der Waals surface area contributed by atoms with E-state index in [1.165, 1.54) is 7.11 Å². The van der Waals surface area contributed by atoms with Gasteiger partial charge in [-0.1, -0.05) is 0 Å². The lowest BCUT2D eigenvalue weighted by Crippen LogP contribution is -2.09. The molecule has 0 spiro atoms. The topological polar surface area (TPSA) is 54.0 Å². The third kappa shape index (κ3) is 4.02. The van der Waals surface area contributed by atoms with Crippen LogP contribution in [0.3, 0.4) is 0 Å². The first kappa shape index (κ1) is 15.6. The summed E-state index contributed by atoms with van der Waals surface area (Å²) in [6, 6.07) is 3.53. The summed E-state index contributed by atoms with van der Waals surface area (Å²) < 4.78 is 20.3. The van der Waals surface area contributed by atoms with Gasteiger partial charge in [0.05, 0.1) is 32.5 Å². The van der Waals surface area contributed by atoms with E-state index in [0.29, 0.717) is 25.4 Å². The number of esters is 1. The summed E-state index contributed by atoms with van der Waals surface area (Å²) in [7, 11) is 6.20. The summed E-state index contributed by atoms with van der Waals surface area (Å²) in [6.45, 7) is 1.25. The first-order chi connectivity index (χ1) is 9.17. The van der Waals surface area contributed by atoms with Crippen molar-refractivity contribution in [2.45, 2.75) is 19.8 Å². The van der Waals surface area contributed by atoms with Gasteiger partial charge in [0, 0.05) is 21.3 Å². The van der Waals surface area contributed by atoms with Crippen LogP contribution in [0.4, 0.5) is 0 Å². The molecule has 106 valence electrons. The SMILES string of the molecule is COCc1cc(C(=O)OC)cc(COC)c1COC. The minimum atomic E-state index is -0.376. The molecule has 0 saturated carbocycles. The van der Waals surface area contributed by atoms with E-state index >= 15 is 0 Å². The molecule has 1 rings (SSSR count). The van der Waals surface area contributed by atoms with Gasteiger partial charge in [-0.3, -0.25) is 0 Å². The molecule has 0 aliphatic carbocycles. The molecule has 0 saturated heterocycles. The Morgan fingerprint density at radius 2 is 1.37 bits per heavy atom. The molecule has 1 aromatic rings. The van der Waals surface area contributed by atoms with Gasteiger partial charge in [0.25, 0.3) is 0 Å². The van der Waals surface area contributed by atoms with Crippen molar-refractivity contribution in [2.75, 3.05) is 28.4 Å². The van der Waals surface area contributed by atoms with Crippen LogP contribution in [0.5, 0.6) is 0 Å². The third-order valence-electron chi connectivity index (χ3n) is 2.74. The Balaban J connectivity index is 3.29. The normalized spacial score (nSPS) is 10.5. The zero-order valence-corrected chi connectivity index (χ0v) is 11.8. The number of carbonyl (C=O) groups excluding carboxylic acids is 1. The second-order valence-electron chi connectivity index (χ2n) is 4.06. The highest BCUT2D eigenvalue weighted by Crippen LogP contribution is 2.21. The summed E-state index contributed by atoms with van der Waals surface area (Å²) in [4.78, 5) is 11.7. The zero-order valence-electron chi connectivity index (χ0n) is 11.8. The molecule has 5 nitrogen and oxygen atoms in total. The van der Waals surface area contributed by atoms with E-state index in [1.54, 1.807) is 33.5 Å². The number of rotatable bonds is 7. The van der Waals surface area contributed by atoms with Crippen LogP contribution in [0.2, 0.25) is 0 Å². The van der Waals surface area contributed by atoms with Crippen LogP contribution >= 0.6 is 0 Å². The summed E-state index contributed by atoms with van der Waals surface area (Å²) >= 11 is 0. The quantitative estimate of drug-likeness (QED) is 0.707. The second-order valence-corrected chi connectivity index (χ2v) is 4.06. The van der Waals surface area contributed by atoms with Crippen LogP contribution in [0.25, 0.3) is 0 Å². The van der Waals surface area contributed by atoms with Crippen molar-refractivity contribution in [1.82, 2.24) is 0 Å². The largest absolute Gasteiger partial charge is 0.465 e. The van der Waals surface area contributed by atoms with E-state index in [-0.39, 0.29) is 5.97 Å². The van der Waals surface area contributed by atoms with Crippen LogP contribution in [0, 0.1) is 0 Å². The lowest BCUT2D eigenvalue weighted by molar-refractivity contribution is 0.0599. The fraction of sp³-hybridized carbons (Fsp3) is 0.500. The number of benzene rings is 1. The van der Waals surface area contributed by atoms with E-state index in [9.17, 15) is 4.79 Å². The molecule has 0 aromatic heterocycles. The number of ether oxygens (including phenoxy) is 4. The lowest BCUT2D eigenvalue weighted by Gasteiger charge is -2.15. The van der Waals surface area contributed by atoms with Crippen molar-refractivity contribution in [3.8, 4) is 0 Å². The average molecular weight is 268 g/mol. The molecule has 19 heavy (non-hydrogen) atoms. The summed E-state index contributed by atoms with van der Waals surface area (Å²) in [5, 5.41) is 0. The first-order valence-corrected chi connectivity index (χ1v) is 5.87. The van der Waals surface area contributed by atoms with Gasteiger partial charge < -0.3 is 18.9 Å². The molecule has 0 bridgehead atoms. The van der Waals surface area contributed by atoms with Gasteiger partial charge in [0.15, 0.2) is 0 Å². The minimum absolute atomic E-state index is 0.376. The molecule has 0 unspecified atom stereocenters. The summed E-state index contributed by atoms with van der Waals surface area (Å²) in [5.74, 6) is -0.376. The maximum Gasteiger partial charge on any atom is 0.337 e. The smallest absolute Gasteiger partial charge is 0.337 e.